The van der Waals surface area contributed by atoms with E-state index in [4.69, 9.17) is 26.2 Å². The first-order chi connectivity index (χ1) is 9.99. The van der Waals surface area contributed by atoms with E-state index in [0.29, 0.717) is 16.5 Å². The van der Waals surface area contributed by atoms with Gasteiger partial charge in [0.15, 0.2) is 0 Å². The van der Waals surface area contributed by atoms with Gasteiger partial charge in [0.05, 0.1) is 12.8 Å². The largest absolute Gasteiger partial charge is 0.497 e. The van der Waals surface area contributed by atoms with Crippen LogP contribution in [0.5, 0.6) is 11.5 Å². The van der Waals surface area contributed by atoms with E-state index in [1.165, 1.54) is 18.2 Å². The Kier molecular flexibility index (Phi) is 4.65. The van der Waals surface area contributed by atoms with Crippen molar-refractivity contribution in [1.29, 1.82) is 0 Å². The minimum Gasteiger partial charge on any atom is -0.497 e. The zero-order chi connectivity index (χ0) is 15.4. The van der Waals surface area contributed by atoms with E-state index >= 15 is 0 Å². The van der Waals surface area contributed by atoms with E-state index < -0.39 is 5.97 Å². The van der Waals surface area contributed by atoms with Crippen LogP contribution in [0.4, 0.5) is 0 Å². The van der Waals surface area contributed by atoms with Gasteiger partial charge in [-0.1, -0.05) is 11.6 Å². The fourth-order valence-electron chi connectivity index (χ4n) is 1.84. The van der Waals surface area contributed by atoms with E-state index in [-0.39, 0.29) is 17.9 Å². The summed E-state index contributed by atoms with van der Waals surface area (Å²) in [5, 5.41) is 9.53. The summed E-state index contributed by atoms with van der Waals surface area (Å²) < 4.78 is 10.7. The molecule has 21 heavy (non-hydrogen) atoms. The quantitative estimate of drug-likeness (QED) is 0.917. The second-order valence-corrected chi connectivity index (χ2v) is 4.81. The highest BCUT2D eigenvalue weighted by Crippen LogP contribution is 2.24. The Labute approximate surface area is 127 Å². The second-order valence-electron chi connectivity index (χ2n) is 4.37. The van der Waals surface area contributed by atoms with Gasteiger partial charge in [-0.3, -0.25) is 4.98 Å². The lowest BCUT2D eigenvalue weighted by Crippen LogP contribution is -2.05. The summed E-state index contributed by atoms with van der Waals surface area (Å²) in [4.78, 5) is 15.4. The summed E-state index contributed by atoms with van der Waals surface area (Å²) in [6, 6.07) is 7.91. The minimum absolute atomic E-state index is 0.0546. The maximum Gasteiger partial charge on any atom is 0.339 e. The van der Waals surface area contributed by atoms with Gasteiger partial charge < -0.3 is 14.6 Å². The molecule has 0 bridgehead atoms. The molecule has 0 unspecified atom stereocenters. The number of halogens is 1. The molecule has 0 saturated heterocycles. The monoisotopic (exact) mass is 307 g/mol. The van der Waals surface area contributed by atoms with Crippen molar-refractivity contribution in [1.82, 2.24) is 4.98 Å². The van der Waals surface area contributed by atoms with Crippen LogP contribution in [0.1, 0.15) is 21.7 Å². The van der Waals surface area contributed by atoms with Gasteiger partial charge >= 0.3 is 5.97 Å². The lowest BCUT2D eigenvalue weighted by molar-refractivity contribution is 0.0691. The number of benzene rings is 1. The van der Waals surface area contributed by atoms with Crippen LogP contribution in [-0.4, -0.2) is 23.2 Å². The van der Waals surface area contributed by atoms with Crippen molar-refractivity contribution in [2.24, 2.45) is 0 Å². The summed E-state index contributed by atoms with van der Waals surface area (Å²) in [7, 11) is 1.57. The standard InChI is InChI=1S/C15H14ClNO4/c1-9-5-12(20-2)7-11(17-9)8-21-14-6-10(16)3-4-13(14)15(18)19/h3-7H,8H2,1-2H3,(H,18,19). The van der Waals surface area contributed by atoms with Crippen LogP contribution in [0.2, 0.25) is 5.02 Å². The molecule has 1 aromatic heterocycles. The first-order valence-corrected chi connectivity index (χ1v) is 6.54. The number of aromatic nitrogens is 1. The number of aromatic carboxylic acids is 1. The maximum absolute atomic E-state index is 11.1. The number of hydrogen-bond acceptors (Lipinski definition) is 4. The topological polar surface area (TPSA) is 68.7 Å². The summed E-state index contributed by atoms with van der Waals surface area (Å²) in [5.74, 6) is -0.195. The Balaban J connectivity index is 2.22. The number of rotatable bonds is 5. The number of carboxylic acid groups (broad SMARTS) is 1. The maximum atomic E-state index is 11.1. The summed E-state index contributed by atoms with van der Waals surface area (Å²) in [5.41, 5.74) is 1.49. The average Bonchev–Trinajstić information content (AvgIpc) is 2.44. The van der Waals surface area contributed by atoms with Crippen LogP contribution in [0, 0.1) is 6.92 Å². The van der Waals surface area contributed by atoms with Crippen LogP contribution < -0.4 is 9.47 Å². The molecule has 2 aromatic rings. The van der Waals surface area contributed by atoms with Gasteiger partial charge in [0.2, 0.25) is 0 Å². The van der Waals surface area contributed by atoms with Crippen LogP contribution >= 0.6 is 11.6 Å². The number of carbonyl (C=O) groups is 1. The van der Waals surface area contributed by atoms with Crippen molar-refractivity contribution in [3.8, 4) is 11.5 Å². The van der Waals surface area contributed by atoms with Gasteiger partial charge in [-0.15, -0.1) is 0 Å². The molecule has 5 nitrogen and oxygen atoms in total. The molecule has 6 heteroatoms. The first-order valence-electron chi connectivity index (χ1n) is 6.17. The summed E-state index contributed by atoms with van der Waals surface area (Å²) in [6.45, 7) is 1.97. The summed E-state index contributed by atoms with van der Waals surface area (Å²) >= 11 is 5.87. The molecule has 0 saturated carbocycles. The van der Waals surface area contributed by atoms with E-state index in [1.807, 2.05) is 6.92 Å². The molecular weight excluding hydrogens is 294 g/mol. The van der Waals surface area contributed by atoms with Gasteiger partial charge in [-0.05, 0) is 25.1 Å². The van der Waals surface area contributed by atoms with Crippen molar-refractivity contribution in [2.75, 3.05) is 7.11 Å². The third kappa shape index (κ3) is 3.86. The summed E-state index contributed by atoms with van der Waals surface area (Å²) in [6.07, 6.45) is 0. The van der Waals surface area contributed by atoms with Crippen molar-refractivity contribution in [2.45, 2.75) is 13.5 Å². The molecule has 0 fully saturated rings. The third-order valence-electron chi connectivity index (χ3n) is 2.77. The zero-order valence-corrected chi connectivity index (χ0v) is 12.3. The van der Waals surface area contributed by atoms with Gasteiger partial charge in [0.1, 0.15) is 23.7 Å². The van der Waals surface area contributed by atoms with Crippen LogP contribution in [-0.2, 0) is 6.61 Å². The fraction of sp³-hybridized carbons (Fsp3) is 0.200. The van der Waals surface area contributed by atoms with Gasteiger partial charge in [0.25, 0.3) is 0 Å². The molecule has 0 aliphatic heterocycles. The van der Waals surface area contributed by atoms with E-state index in [9.17, 15) is 4.79 Å². The van der Waals surface area contributed by atoms with Gasteiger partial charge in [-0.2, -0.15) is 0 Å². The lowest BCUT2D eigenvalue weighted by Gasteiger charge is -2.10. The molecule has 0 spiro atoms. The molecule has 0 aliphatic rings. The minimum atomic E-state index is -1.07. The molecule has 0 amide bonds. The van der Waals surface area contributed by atoms with Crippen molar-refractivity contribution in [3.63, 3.8) is 0 Å². The Bertz CT molecular complexity index is 673. The predicted octanol–water partition coefficient (Wildman–Crippen LogP) is 3.33. The Hall–Kier alpha value is -2.27. The lowest BCUT2D eigenvalue weighted by atomic mass is 10.2. The highest BCUT2D eigenvalue weighted by Gasteiger charge is 2.12. The number of nitrogens with zero attached hydrogens (tertiary/aromatic N) is 1. The molecule has 1 aromatic carbocycles. The molecule has 0 aliphatic carbocycles. The van der Waals surface area contributed by atoms with E-state index in [0.717, 1.165) is 5.69 Å². The first kappa shape index (κ1) is 15.1. The van der Waals surface area contributed by atoms with Gasteiger partial charge in [0, 0.05) is 22.8 Å². The molecule has 1 heterocycles. The van der Waals surface area contributed by atoms with E-state index in [1.54, 1.807) is 19.2 Å². The number of ether oxygens (including phenoxy) is 2. The highest BCUT2D eigenvalue weighted by molar-refractivity contribution is 6.30. The normalized spacial score (nSPS) is 10.2. The molecule has 0 atom stereocenters. The highest BCUT2D eigenvalue weighted by atomic mass is 35.5. The SMILES string of the molecule is COc1cc(C)nc(COc2cc(Cl)ccc2C(=O)O)c1. The van der Waals surface area contributed by atoms with E-state index in [2.05, 4.69) is 4.98 Å². The van der Waals surface area contributed by atoms with Crippen molar-refractivity contribution < 1.29 is 19.4 Å². The average molecular weight is 308 g/mol. The number of aryl methyl sites for hydroxylation is 1. The molecule has 110 valence electrons. The van der Waals surface area contributed by atoms with Crippen LogP contribution in [0.25, 0.3) is 0 Å². The van der Waals surface area contributed by atoms with Crippen LogP contribution in [0.3, 0.4) is 0 Å². The predicted molar refractivity (Wildman–Crippen MR) is 78.3 cm³/mol. The smallest absolute Gasteiger partial charge is 0.339 e. The third-order valence-corrected chi connectivity index (χ3v) is 3.00. The van der Waals surface area contributed by atoms with Crippen LogP contribution in [0.15, 0.2) is 30.3 Å². The number of pyridine rings is 1. The fourth-order valence-corrected chi connectivity index (χ4v) is 2.00. The number of methoxy groups -OCH3 is 1. The van der Waals surface area contributed by atoms with Gasteiger partial charge in [-0.25, -0.2) is 4.79 Å². The van der Waals surface area contributed by atoms with Crippen molar-refractivity contribution in [3.05, 3.63) is 52.3 Å². The van der Waals surface area contributed by atoms with Crippen molar-refractivity contribution >= 4 is 17.6 Å². The number of carboxylic acids is 1. The Morgan fingerprint density at radius 2 is 2.10 bits per heavy atom. The Morgan fingerprint density at radius 1 is 1.33 bits per heavy atom. The molecule has 2 rings (SSSR count). The molecular formula is C15H14ClNO4. The zero-order valence-electron chi connectivity index (χ0n) is 11.6. The molecule has 1 N–H and O–H groups in total. The second kappa shape index (κ2) is 6.45. The Morgan fingerprint density at radius 3 is 2.76 bits per heavy atom. The number of hydrogen-bond donors (Lipinski definition) is 1. The molecule has 0 radical (unpaired) electrons.